The lowest BCUT2D eigenvalue weighted by molar-refractivity contribution is -0.140. The minimum absolute atomic E-state index is 0.00679. The number of nitrogens with one attached hydrogen (secondary N) is 1. The molecule has 2 aromatic carbocycles. The van der Waals surface area contributed by atoms with Crippen molar-refractivity contribution in [3.63, 3.8) is 0 Å². The van der Waals surface area contributed by atoms with Gasteiger partial charge in [0.1, 0.15) is 12.4 Å². The van der Waals surface area contributed by atoms with E-state index >= 15 is 0 Å². The second kappa shape index (κ2) is 10.9. The number of Topliss-reactive ketones (excluding diaryl/α,β-unsaturated/α-hetero) is 1. The normalized spacial score (nSPS) is 19.5. The molecule has 2 aromatic rings. The Morgan fingerprint density at radius 3 is 2.39 bits per heavy atom. The zero-order valence-electron chi connectivity index (χ0n) is 20.9. The molecule has 36 heavy (non-hydrogen) atoms. The number of methoxy groups -OCH3 is 3. The molecular weight excluding hydrogens is 462 g/mol. The van der Waals surface area contributed by atoms with Crippen molar-refractivity contribution in [2.45, 2.75) is 31.6 Å². The summed E-state index contributed by atoms with van der Waals surface area (Å²) in [5.41, 5.74) is 4.01. The molecule has 2 N–H and O–H groups in total. The van der Waals surface area contributed by atoms with Gasteiger partial charge in [-0.1, -0.05) is 18.2 Å². The number of ether oxygens (including phenoxy) is 4. The summed E-state index contributed by atoms with van der Waals surface area (Å²) in [5, 5.41) is 13.5. The van der Waals surface area contributed by atoms with Crippen LogP contribution in [-0.2, 0) is 19.1 Å². The minimum atomic E-state index is -0.657. The fourth-order valence-corrected chi connectivity index (χ4v) is 4.92. The van der Waals surface area contributed by atoms with E-state index in [4.69, 9.17) is 18.9 Å². The highest BCUT2D eigenvalue weighted by atomic mass is 16.6. The van der Waals surface area contributed by atoms with Crippen LogP contribution in [0.15, 0.2) is 65.0 Å². The van der Waals surface area contributed by atoms with E-state index in [1.54, 1.807) is 19.2 Å². The van der Waals surface area contributed by atoms with Crippen LogP contribution in [0.25, 0.3) is 0 Å². The number of phenolic OH excluding ortho intramolecular Hbond substituents is 1. The third kappa shape index (κ3) is 4.95. The molecule has 2 unspecified atom stereocenters. The van der Waals surface area contributed by atoms with Gasteiger partial charge >= 0.3 is 5.97 Å². The molecular formula is C28H31NO7. The molecule has 1 aliphatic carbocycles. The van der Waals surface area contributed by atoms with Gasteiger partial charge in [-0.15, -0.1) is 0 Å². The highest BCUT2D eigenvalue weighted by Gasteiger charge is 2.41. The maximum Gasteiger partial charge on any atom is 0.336 e. The van der Waals surface area contributed by atoms with Gasteiger partial charge in [0.05, 0.1) is 26.4 Å². The Hall–Kier alpha value is -3.78. The van der Waals surface area contributed by atoms with Gasteiger partial charge in [0.15, 0.2) is 17.3 Å². The van der Waals surface area contributed by atoms with Crippen LogP contribution in [0.1, 0.15) is 42.7 Å². The summed E-state index contributed by atoms with van der Waals surface area (Å²) >= 11 is 0. The molecule has 0 fully saturated rings. The van der Waals surface area contributed by atoms with Crippen molar-refractivity contribution in [2.24, 2.45) is 0 Å². The SMILES string of the molecule is COCCOC(=O)C1=C(C)NC2=C(C(=O)CC(c3ccc(OC)cc3)C2)C1c1ccc(O)c(OC)c1. The molecule has 0 saturated heterocycles. The summed E-state index contributed by atoms with van der Waals surface area (Å²) in [6.45, 7) is 2.17. The topological polar surface area (TPSA) is 103 Å². The molecule has 0 bridgehead atoms. The van der Waals surface area contributed by atoms with Gasteiger partial charge in [-0.05, 0) is 54.7 Å². The number of phenols is 1. The number of benzene rings is 2. The van der Waals surface area contributed by atoms with E-state index in [0.717, 1.165) is 17.0 Å². The van der Waals surface area contributed by atoms with E-state index < -0.39 is 11.9 Å². The van der Waals surface area contributed by atoms with Gasteiger partial charge in [0.25, 0.3) is 0 Å². The molecule has 4 rings (SSSR count). The van der Waals surface area contributed by atoms with Crippen LogP contribution < -0.4 is 14.8 Å². The van der Waals surface area contributed by atoms with Gasteiger partial charge in [0, 0.05) is 36.4 Å². The molecule has 190 valence electrons. The zero-order chi connectivity index (χ0) is 25.8. The summed E-state index contributed by atoms with van der Waals surface area (Å²) in [5.74, 6) is -0.237. The molecule has 2 atom stereocenters. The highest BCUT2D eigenvalue weighted by Crippen LogP contribution is 2.47. The summed E-state index contributed by atoms with van der Waals surface area (Å²) in [7, 11) is 4.61. The molecule has 1 aliphatic heterocycles. The van der Waals surface area contributed by atoms with Crippen molar-refractivity contribution in [3.8, 4) is 17.2 Å². The number of esters is 1. The average Bonchev–Trinajstić information content (AvgIpc) is 2.88. The van der Waals surface area contributed by atoms with E-state index in [1.165, 1.54) is 20.3 Å². The number of allylic oxidation sites excluding steroid dienone is 3. The van der Waals surface area contributed by atoms with Crippen molar-refractivity contribution in [2.75, 3.05) is 34.5 Å². The Morgan fingerprint density at radius 2 is 1.72 bits per heavy atom. The fourth-order valence-electron chi connectivity index (χ4n) is 4.92. The third-order valence-electron chi connectivity index (χ3n) is 6.69. The Kier molecular flexibility index (Phi) is 7.64. The maximum absolute atomic E-state index is 13.7. The first-order valence-corrected chi connectivity index (χ1v) is 11.8. The lowest BCUT2D eigenvalue weighted by Gasteiger charge is -2.36. The molecule has 2 aliphatic rings. The van der Waals surface area contributed by atoms with Gasteiger partial charge in [-0.2, -0.15) is 0 Å². The first-order valence-electron chi connectivity index (χ1n) is 11.8. The van der Waals surface area contributed by atoms with E-state index in [0.29, 0.717) is 35.2 Å². The lowest BCUT2D eigenvalue weighted by Crippen LogP contribution is -2.36. The first-order chi connectivity index (χ1) is 17.4. The predicted molar refractivity (Wildman–Crippen MR) is 133 cm³/mol. The van der Waals surface area contributed by atoms with Crippen LogP contribution in [-0.4, -0.2) is 51.4 Å². The standard InChI is InChI=1S/C28H31NO7/c1-16-25(28(32)36-12-11-33-2)26(18-7-10-22(30)24(15-18)35-4)27-21(29-16)13-19(14-23(27)31)17-5-8-20(34-3)9-6-17/h5-10,15,19,26,29-30H,11-14H2,1-4H3. The van der Waals surface area contributed by atoms with E-state index in [1.807, 2.05) is 31.2 Å². The van der Waals surface area contributed by atoms with E-state index in [-0.39, 0.29) is 36.4 Å². The fraction of sp³-hybridized carbons (Fsp3) is 0.357. The Balaban J connectivity index is 1.76. The van der Waals surface area contributed by atoms with Crippen LogP contribution >= 0.6 is 0 Å². The monoisotopic (exact) mass is 493 g/mol. The number of carbonyl (C=O) groups excluding carboxylic acids is 2. The average molecular weight is 494 g/mol. The van der Waals surface area contributed by atoms with Crippen molar-refractivity contribution in [1.82, 2.24) is 5.32 Å². The number of carbonyl (C=O) groups is 2. The lowest BCUT2D eigenvalue weighted by atomic mass is 9.71. The Bertz CT molecular complexity index is 1210. The van der Waals surface area contributed by atoms with Crippen LogP contribution in [0, 0.1) is 0 Å². The van der Waals surface area contributed by atoms with Gasteiger partial charge in [-0.3, -0.25) is 4.79 Å². The molecule has 0 saturated carbocycles. The number of hydrogen-bond acceptors (Lipinski definition) is 8. The number of rotatable bonds is 8. The molecule has 0 spiro atoms. The molecule has 8 nitrogen and oxygen atoms in total. The highest BCUT2D eigenvalue weighted by molar-refractivity contribution is 6.04. The predicted octanol–water partition coefficient (Wildman–Crippen LogP) is 3.96. The molecule has 8 heteroatoms. The third-order valence-corrected chi connectivity index (χ3v) is 6.69. The quantitative estimate of drug-likeness (QED) is 0.421. The zero-order valence-corrected chi connectivity index (χ0v) is 20.9. The second-order valence-electron chi connectivity index (χ2n) is 8.85. The summed E-state index contributed by atoms with van der Waals surface area (Å²) < 4.78 is 21.0. The number of aromatic hydroxyl groups is 1. The van der Waals surface area contributed by atoms with Crippen molar-refractivity contribution in [3.05, 3.63) is 76.1 Å². The summed E-state index contributed by atoms with van der Waals surface area (Å²) in [6, 6.07) is 12.6. The molecule has 1 heterocycles. The maximum atomic E-state index is 13.7. The molecule has 0 amide bonds. The van der Waals surface area contributed by atoms with Crippen molar-refractivity contribution in [1.29, 1.82) is 0 Å². The van der Waals surface area contributed by atoms with Crippen LogP contribution in [0.4, 0.5) is 0 Å². The van der Waals surface area contributed by atoms with Crippen molar-refractivity contribution >= 4 is 11.8 Å². The summed E-state index contributed by atoms with van der Waals surface area (Å²) in [6.07, 6.45) is 0.923. The van der Waals surface area contributed by atoms with E-state index in [9.17, 15) is 14.7 Å². The first kappa shape index (κ1) is 25.3. The molecule has 0 aromatic heterocycles. The summed E-state index contributed by atoms with van der Waals surface area (Å²) in [4.78, 5) is 26.9. The van der Waals surface area contributed by atoms with Gasteiger partial charge in [-0.25, -0.2) is 4.79 Å². The second-order valence-corrected chi connectivity index (χ2v) is 8.85. The van der Waals surface area contributed by atoms with Crippen molar-refractivity contribution < 1.29 is 33.6 Å². The van der Waals surface area contributed by atoms with Crippen LogP contribution in [0.2, 0.25) is 0 Å². The largest absolute Gasteiger partial charge is 0.504 e. The number of ketones is 1. The Morgan fingerprint density at radius 1 is 1.00 bits per heavy atom. The molecule has 0 radical (unpaired) electrons. The minimum Gasteiger partial charge on any atom is -0.504 e. The van der Waals surface area contributed by atoms with E-state index in [2.05, 4.69) is 5.32 Å². The van der Waals surface area contributed by atoms with Gasteiger partial charge in [0.2, 0.25) is 0 Å². The smallest absolute Gasteiger partial charge is 0.336 e. The number of hydrogen-bond donors (Lipinski definition) is 2. The van der Waals surface area contributed by atoms with Crippen LogP contribution in [0.5, 0.6) is 17.2 Å². The number of dihydropyridines is 1. The Labute approximate surface area is 210 Å². The van der Waals surface area contributed by atoms with Crippen LogP contribution in [0.3, 0.4) is 0 Å². The van der Waals surface area contributed by atoms with Gasteiger partial charge < -0.3 is 29.4 Å².